The lowest BCUT2D eigenvalue weighted by Crippen LogP contribution is -2.30. The van der Waals surface area contributed by atoms with Gasteiger partial charge >= 0.3 is 6.18 Å². The van der Waals surface area contributed by atoms with Crippen LogP contribution in [0.25, 0.3) is 0 Å². The number of hydrogen-bond acceptors (Lipinski definition) is 4. The van der Waals surface area contributed by atoms with Crippen LogP contribution in [0.4, 0.5) is 13.2 Å². The fraction of sp³-hybridized carbons (Fsp3) is 0.409. The Morgan fingerprint density at radius 1 is 1.07 bits per heavy atom. The van der Waals surface area contributed by atoms with Crippen LogP contribution in [-0.4, -0.2) is 31.9 Å². The van der Waals surface area contributed by atoms with E-state index in [9.17, 15) is 18.0 Å². The normalized spacial score (nSPS) is 16.8. The van der Waals surface area contributed by atoms with Gasteiger partial charge in [-0.25, -0.2) is 0 Å². The van der Waals surface area contributed by atoms with Gasteiger partial charge in [0, 0.05) is 5.56 Å². The molecule has 30 heavy (non-hydrogen) atoms. The van der Waals surface area contributed by atoms with Crippen molar-refractivity contribution in [2.24, 2.45) is 5.92 Å². The van der Waals surface area contributed by atoms with E-state index >= 15 is 0 Å². The molecular weight excluding hydrogens is 399 g/mol. The van der Waals surface area contributed by atoms with E-state index in [1.54, 1.807) is 24.3 Å². The molecule has 0 bridgehead atoms. The molecule has 0 saturated heterocycles. The summed E-state index contributed by atoms with van der Waals surface area (Å²) in [6.45, 7) is -0.445. The lowest BCUT2D eigenvalue weighted by atomic mass is 10.0. The van der Waals surface area contributed by atoms with Gasteiger partial charge in [-0.2, -0.15) is 13.2 Å². The number of rotatable bonds is 7. The zero-order chi connectivity index (χ0) is 21.1. The number of fused-ring (bicyclic) bond motifs is 1. The minimum absolute atomic E-state index is 0.136. The Hall–Kier alpha value is -2.74. The smallest absolute Gasteiger partial charge is 0.411 e. The highest BCUT2D eigenvalue weighted by Crippen LogP contribution is 2.43. The Balaban J connectivity index is 1.40. The molecule has 8 heteroatoms. The van der Waals surface area contributed by atoms with Gasteiger partial charge in [0.05, 0.1) is 12.6 Å². The average molecular weight is 421 g/mol. The standard InChI is InChI=1S/C22H22F3NO4/c23-22(24,25)13-28-12-14-1-3-16(4-2-14)21(27)26-20(15-5-6-15)17-7-8-18-19(11-17)30-10-9-29-18/h1-4,7-8,11,15,20H,5-6,9-10,12-13H2,(H,26,27). The number of ether oxygens (including phenoxy) is 3. The second-order valence-electron chi connectivity index (χ2n) is 7.50. The molecule has 0 aromatic heterocycles. The zero-order valence-electron chi connectivity index (χ0n) is 16.2. The van der Waals surface area contributed by atoms with E-state index in [0.29, 0.717) is 41.8 Å². The zero-order valence-corrected chi connectivity index (χ0v) is 16.2. The van der Waals surface area contributed by atoms with Crippen LogP contribution in [0.2, 0.25) is 0 Å². The van der Waals surface area contributed by atoms with Crippen molar-refractivity contribution in [3.8, 4) is 11.5 Å². The third-order valence-corrected chi connectivity index (χ3v) is 5.06. The van der Waals surface area contributed by atoms with E-state index in [4.69, 9.17) is 9.47 Å². The van der Waals surface area contributed by atoms with Crippen LogP contribution >= 0.6 is 0 Å². The molecule has 2 aliphatic rings. The summed E-state index contributed by atoms with van der Waals surface area (Å²) in [4.78, 5) is 12.8. The molecule has 0 radical (unpaired) electrons. The number of hydrogen-bond donors (Lipinski definition) is 1. The van der Waals surface area contributed by atoms with E-state index in [0.717, 1.165) is 18.4 Å². The SMILES string of the molecule is O=C(NC(c1ccc2c(c1)OCCO2)C1CC1)c1ccc(COCC(F)(F)F)cc1. The van der Waals surface area contributed by atoms with Crippen molar-refractivity contribution in [2.45, 2.75) is 31.7 Å². The minimum Gasteiger partial charge on any atom is -0.486 e. The second kappa shape index (κ2) is 8.55. The molecule has 160 valence electrons. The van der Waals surface area contributed by atoms with Gasteiger partial charge in [0.2, 0.25) is 0 Å². The van der Waals surface area contributed by atoms with Gasteiger partial charge in [-0.15, -0.1) is 0 Å². The first-order chi connectivity index (χ1) is 14.4. The Kier molecular flexibility index (Phi) is 5.85. The van der Waals surface area contributed by atoms with Crippen molar-refractivity contribution in [3.05, 3.63) is 59.2 Å². The first-order valence-corrected chi connectivity index (χ1v) is 9.83. The monoisotopic (exact) mass is 421 g/mol. The van der Waals surface area contributed by atoms with Gasteiger partial charge in [-0.05, 0) is 54.2 Å². The molecule has 1 amide bonds. The van der Waals surface area contributed by atoms with Crippen LogP contribution in [0.1, 0.15) is 40.4 Å². The Morgan fingerprint density at radius 2 is 1.77 bits per heavy atom. The fourth-order valence-corrected chi connectivity index (χ4v) is 3.42. The molecule has 1 heterocycles. The van der Waals surface area contributed by atoms with Gasteiger partial charge in [0.1, 0.15) is 19.8 Å². The minimum atomic E-state index is -4.36. The third-order valence-electron chi connectivity index (χ3n) is 5.06. The van der Waals surface area contributed by atoms with E-state index in [-0.39, 0.29) is 18.6 Å². The molecule has 1 unspecified atom stereocenters. The highest BCUT2D eigenvalue weighted by Gasteiger charge is 2.34. The molecule has 4 rings (SSSR count). The topological polar surface area (TPSA) is 56.8 Å². The number of alkyl halides is 3. The first kappa shape index (κ1) is 20.5. The first-order valence-electron chi connectivity index (χ1n) is 9.83. The van der Waals surface area contributed by atoms with Crippen molar-refractivity contribution >= 4 is 5.91 Å². The number of amides is 1. The number of carbonyl (C=O) groups excluding carboxylic acids is 1. The quantitative estimate of drug-likeness (QED) is 0.719. The van der Waals surface area contributed by atoms with E-state index < -0.39 is 12.8 Å². The van der Waals surface area contributed by atoms with Crippen LogP contribution in [-0.2, 0) is 11.3 Å². The summed E-state index contributed by atoms with van der Waals surface area (Å²) in [5, 5.41) is 3.09. The van der Waals surface area contributed by atoms with Crippen LogP contribution in [0.3, 0.4) is 0 Å². The summed E-state index contributed by atoms with van der Waals surface area (Å²) in [6.07, 6.45) is -2.28. The van der Waals surface area contributed by atoms with Gasteiger partial charge in [-0.3, -0.25) is 4.79 Å². The Morgan fingerprint density at radius 3 is 2.43 bits per heavy atom. The summed E-state index contributed by atoms with van der Waals surface area (Å²) in [5.74, 6) is 1.52. The van der Waals surface area contributed by atoms with Gasteiger partial charge in [0.25, 0.3) is 5.91 Å². The summed E-state index contributed by atoms with van der Waals surface area (Å²) < 4.78 is 52.3. The molecule has 1 aliphatic carbocycles. The predicted molar refractivity (Wildman–Crippen MR) is 103 cm³/mol. The van der Waals surface area contributed by atoms with Crippen molar-refractivity contribution < 1.29 is 32.2 Å². The number of halogens is 3. The van der Waals surface area contributed by atoms with Crippen LogP contribution in [0.5, 0.6) is 11.5 Å². The van der Waals surface area contributed by atoms with Crippen LogP contribution in [0, 0.1) is 5.92 Å². The van der Waals surface area contributed by atoms with Gasteiger partial charge in [-0.1, -0.05) is 18.2 Å². The summed E-state index contributed by atoms with van der Waals surface area (Å²) in [7, 11) is 0. The maximum Gasteiger partial charge on any atom is 0.411 e. The molecule has 2 aromatic carbocycles. The summed E-state index contributed by atoms with van der Waals surface area (Å²) in [6, 6.07) is 12.0. The maximum atomic E-state index is 12.8. The summed E-state index contributed by atoms with van der Waals surface area (Å²) in [5.41, 5.74) is 1.98. The Bertz CT molecular complexity index is 894. The van der Waals surface area contributed by atoms with Crippen LogP contribution < -0.4 is 14.8 Å². The highest BCUT2D eigenvalue weighted by molar-refractivity contribution is 5.94. The number of benzene rings is 2. The maximum absolute atomic E-state index is 12.8. The van der Waals surface area contributed by atoms with Crippen molar-refractivity contribution in [1.82, 2.24) is 5.32 Å². The van der Waals surface area contributed by atoms with Crippen molar-refractivity contribution in [1.29, 1.82) is 0 Å². The lowest BCUT2D eigenvalue weighted by molar-refractivity contribution is -0.176. The Labute approximate surface area is 172 Å². The molecule has 1 fully saturated rings. The molecule has 1 saturated carbocycles. The molecular formula is C22H22F3NO4. The lowest BCUT2D eigenvalue weighted by Gasteiger charge is -2.23. The molecule has 1 atom stereocenters. The average Bonchev–Trinajstić information content (AvgIpc) is 3.56. The highest BCUT2D eigenvalue weighted by atomic mass is 19.4. The molecule has 5 nitrogen and oxygen atoms in total. The second-order valence-corrected chi connectivity index (χ2v) is 7.50. The van der Waals surface area contributed by atoms with Crippen molar-refractivity contribution in [2.75, 3.05) is 19.8 Å². The van der Waals surface area contributed by atoms with Gasteiger partial charge < -0.3 is 19.5 Å². The number of nitrogens with one attached hydrogen (secondary N) is 1. The van der Waals surface area contributed by atoms with Gasteiger partial charge in [0.15, 0.2) is 11.5 Å². The van der Waals surface area contributed by atoms with Crippen molar-refractivity contribution in [3.63, 3.8) is 0 Å². The summed E-state index contributed by atoms with van der Waals surface area (Å²) >= 11 is 0. The van der Waals surface area contributed by atoms with E-state index in [2.05, 4.69) is 10.1 Å². The molecule has 1 aliphatic heterocycles. The third kappa shape index (κ3) is 5.24. The van der Waals surface area contributed by atoms with E-state index in [1.807, 2.05) is 18.2 Å². The number of carbonyl (C=O) groups is 1. The van der Waals surface area contributed by atoms with Crippen LogP contribution in [0.15, 0.2) is 42.5 Å². The largest absolute Gasteiger partial charge is 0.486 e. The molecule has 2 aromatic rings. The molecule has 0 spiro atoms. The predicted octanol–water partition coefficient (Wildman–Crippen LogP) is 4.42. The fourth-order valence-electron chi connectivity index (χ4n) is 3.42. The van der Waals surface area contributed by atoms with E-state index in [1.165, 1.54) is 0 Å². The molecule has 1 N–H and O–H groups in total.